The lowest BCUT2D eigenvalue weighted by atomic mass is 9.95. The summed E-state index contributed by atoms with van der Waals surface area (Å²) in [4.78, 5) is 29.9. The first kappa shape index (κ1) is 18.8. The summed E-state index contributed by atoms with van der Waals surface area (Å²) in [5, 5.41) is 23.4. The second-order valence-electron chi connectivity index (χ2n) is 7.56. The number of fused-ring (bicyclic) bond motifs is 1. The zero-order chi connectivity index (χ0) is 20.8. The third kappa shape index (κ3) is 3.34. The number of carboxylic acid groups (broad SMARTS) is 1. The second-order valence-corrected chi connectivity index (χ2v) is 8.67. The van der Waals surface area contributed by atoms with Crippen LogP contribution in [0, 0.1) is 0 Å². The van der Waals surface area contributed by atoms with Gasteiger partial charge in [-0.3, -0.25) is 10.00 Å². The van der Waals surface area contributed by atoms with Crippen LogP contribution >= 0.6 is 11.3 Å². The molecule has 0 unspecified atom stereocenters. The number of nitrogens with zero attached hydrogens (tertiary/aromatic N) is 4. The highest BCUT2D eigenvalue weighted by molar-refractivity contribution is 7.17. The molecule has 2 amide bonds. The molecule has 156 valence electrons. The second kappa shape index (κ2) is 7.24. The molecule has 0 atom stereocenters. The molecule has 0 aromatic carbocycles. The first-order valence-electron chi connectivity index (χ1n) is 9.83. The summed E-state index contributed by atoms with van der Waals surface area (Å²) in [6.45, 7) is 0. The molecule has 3 N–H and O–H groups in total. The predicted molar refractivity (Wildman–Crippen MR) is 109 cm³/mol. The Morgan fingerprint density at radius 2 is 2.07 bits per heavy atom. The average Bonchev–Trinajstić information content (AvgIpc) is 3.16. The van der Waals surface area contributed by atoms with Crippen molar-refractivity contribution < 1.29 is 19.2 Å². The summed E-state index contributed by atoms with van der Waals surface area (Å²) in [6.07, 6.45) is 7.49. The van der Waals surface area contributed by atoms with Crippen molar-refractivity contribution in [1.29, 1.82) is 0 Å². The number of carbonyl (C=O) groups is 2. The van der Waals surface area contributed by atoms with Gasteiger partial charge in [-0.1, -0.05) is 5.16 Å². The first-order chi connectivity index (χ1) is 14.5. The van der Waals surface area contributed by atoms with Crippen molar-refractivity contribution in [3.63, 3.8) is 0 Å². The maximum absolute atomic E-state index is 12.7. The molecule has 3 aromatic heterocycles. The van der Waals surface area contributed by atoms with E-state index in [0.717, 1.165) is 55.5 Å². The number of rotatable bonds is 5. The minimum absolute atomic E-state index is 0.0955. The molecule has 3 aromatic rings. The number of carboxylic acids is 1. The monoisotopic (exact) mass is 428 g/mol. The van der Waals surface area contributed by atoms with Crippen LogP contribution in [0.3, 0.4) is 0 Å². The highest BCUT2D eigenvalue weighted by Crippen LogP contribution is 2.45. The Balaban J connectivity index is 1.44. The minimum atomic E-state index is -1.17. The van der Waals surface area contributed by atoms with Gasteiger partial charge in [0.25, 0.3) is 5.89 Å². The lowest BCUT2D eigenvalue weighted by Gasteiger charge is -2.11. The number of amides is 2. The molecule has 0 aliphatic heterocycles. The zero-order valence-electron chi connectivity index (χ0n) is 16.3. The molecule has 0 saturated heterocycles. The molecular weight excluding hydrogens is 408 g/mol. The van der Waals surface area contributed by atoms with Crippen LogP contribution in [0.1, 0.15) is 58.4 Å². The molecule has 3 heterocycles. The molecule has 1 saturated carbocycles. The number of nitrogens with one attached hydrogen (secondary N) is 2. The molecule has 5 rings (SSSR count). The molecular formula is C19H20N6O4S. The topological polar surface area (TPSA) is 135 Å². The maximum Gasteiger partial charge on any atom is 0.356 e. The molecule has 1 fully saturated rings. The fraction of sp³-hybridized carbons (Fsp3) is 0.421. The van der Waals surface area contributed by atoms with E-state index < -0.39 is 12.0 Å². The molecule has 0 spiro atoms. The number of aryl methyl sites for hydroxylation is 2. The quantitative estimate of drug-likeness (QED) is 0.565. The zero-order valence-corrected chi connectivity index (χ0v) is 17.1. The summed E-state index contributed by atoms with van der Waals surface area (Å²) in [7, 11) is 1.50. The van der Waals surface area contributed by atoms with Crippen LogP contribution in [-0.2, 0) is 19.9 Å². The van der Waals surface area contributed by atoms with Gasteiger partial charge in [-0.2, -0.15) is 10.1 Å². The van der Waals surface area contributed by atoms with Gasteiger partial charge in [-0.05, 0) is 44.1 Å². The number of anilines is 2. The van der Waals surface area contributed by atoms with Crippen LogP contribution in [0.2, 0.25) is 0 Å². The Kier molecular flexibility index (Phi) is 4.54. The molecule has 0 radical (unpaired) electrons. The third-order valence-corrected chi connectivity index (χ3v) is 6.59. The van der Waals surface area contributed by atoms with Gasteiger partial charge in [0.1, 0.15) is 5.00 Å². The van der Waals surface area contributed by atoms with Crippen molar-refractivity contribution in [2.75, 3.05) is 10.6 Å². The standard InChI is InChI=1S/C19H20N6O4S/c1-25-14(18(26)27)11(8-20-25)21-19(28)23-17-13(10-4-2-3-5-12(10)30-17)16-22-15(24-29-16)9-6-7-9/h8-9H,2-7H2,1H3,(H,26,27)(H2,21,23,28). The van der Waals surface area contributed by atoms with E-state index in [9.17, 15) is 14.7 Å². The number of hydrogen-bond donors (Lipinski definition) is 3. The fourth-order valence-electron chi connectivity index (χ4n) is 3.76. The van der Waals surface area contributed by atoms with Crippen molar-refractivity contribution in [2.45, 2.75) is 44.4 Å². The van der Waals surface area contributed by atoms with Crippen molar-refractivity contribution in [1.82, 2.24) is 19.9 Å². The summed E-state index contributed by atoms with van der Waals surface area (Å²) >= 11 is 1.51. The van der Waals surface area contributed by atoms with Gasteiger partial charge in [0.15, 0.2) is 11.5 Å². The first-order valence-corrected chi connectivity index (χ1v) is 10.6. The summed E-state index contributed by atoms with van der Waals surface area (Å²) in [6, 6.07) is -0.549. The number of carbonyl (C=O) groups excluding carboxylic acids is 1. The van der Waals surface area contributed by atoms with Gasteiger partial charge >= 0.3 is 12.0 Å². The van der Waals surface area contributed by atoms with Crippen LogP contribution < -0.4 is 10.6 Å². The molecule has 10 nitrogen and oxygen atoms in total. The smallest absolute Gasteiger partial charge is 0.356 e. The Labute approximate surface area is 175 Å². The van der Waals surface area contributed by atoms with Gasteiger partial charge in [0.05, 0.1) is 17.4 Å². The van der Waals surface area contributed by atoms with Crippen LogP contribution in [0.5, 0.6) is 0 Å². The van der Waals surface area contributed by atoms with E-state index in [0.29, 0.717) is 16.8 Å². The SMILES string of the molecule is Cn1ncc(NC(=O)Nc2sc3c(c2-c2nc(C4CC4)no2)CCCC3)c1C(=O)O. The number of thiophene rings is 1. The van der Waals surface area contributed by atoms with Crippen molar-refractivity contribution in [3.8, 4) is 11.5 Å². The van der Waals surface area contributed by atoms with E-state index in [2.05, 4.69) is 25.9 Å². The Morgan fingerprint density at radius 3 is 2.83 bits per heavy atom. The number of aromatic carboxylic acids is 1. The van der Waals surface area contributed by atoms with Crippen molar-refractivity contribution in [3.05, 3.63) is 28.2 Å². The van der Waals surface area contributed by atoms with Crippen LogP contribution in [-0.4, -0.2) is 37.0 Å². The molecule has 2 aliphatic carbocycles. The van der Waals surface area contributed by atoms with E-state index in [1.165, 1.54) is 34.1 Å². The minimum Gasteiger partial charge on any atom is -0.476 e. The van der Waals surface area contributed by atoms with Crippen LogP contribution in [0.25, 0.3) is 11.5 Å². The van der Waals surface area contributed by atoms with Gasteiger partial charge < -0.3 is 14.9 Å². The number of aromatic nitrogens is 4. The van der Waals surface area contributed by atoms with Crippen LogP contribution in [0.15, 0.2) is 10.7 Å². The van der Waals surface area contributed by atoms with E-state index in [-0.39, 0.29) is 11.4 Å². The average molecular weight is 428 g/mol. The normalized spacial score (nSPS) is 15.6. The van der Waals surface area contributed by atoms with E-state index >= 15 is 0 Å². The predicted octanol–water partition coefficient (Wildman–Crippen LogP) is 3.63. The molecule has 11 heteroatoms. The molecule has 30 heavy (non-hydrogen) atoms. The largest absolute Gasteiger partial charge is 0.476 e. The lowest BCUT2D eigenvalue weighted by Crippen LogP contribution is -2.21. The Bertz CT molecular complexity index is 1140. The molecule has 2 aliphatic rings. The Morgan fingerprint density at radius 1 is 1.27 bits per heavy atom. The highest BCUT2D eigenvalue weighted by Gasteiger charge is 2.32. The summed E-state index contributed by atoms with van der Waals surface area (Å²) in [5.41, 5.74) is 1.97. The third-order valence-electron chi connectivity index (χ3n) is 5.39. The van der Waals surface area contributed by atoms with Gasteiger partial charge in [0, 0.05) is 17.8 Å². The van der Waals surface area contributed by atoms with Crippen molar-refractivity contribution >= 4 is 34.0 Å². The van der Waals surface area contributed by atoms with E-state index in [4.69, 9.17) is 4.52 Å². The maximum atomic E-state index is 12.7. The Hall–Kier alpha value is -3.21. The van der Waals surface area contributed by atoms with Gasteiger partial charge in [-0.15, -0.1) is 11.3 Å². The molecule has 0 bridgehead atoms. The van der Waals surface area contributed by atoms with Crippen LogP contribution in [0.4, 0.5) is 15.5 Å². The summed E-state index contributed by atoms with van der Waals surface area (Å²) < 4.78 is 6.75. The van der Waals surface area contributed by atoms with Gasteiger partial charge in [-0.25, -0.2) is 9.59 Å². The number of urea groups is 1. The van der Waals surface area contributed by atoms with Crippen molar-refractivity contribution in [2.24, 2.45) is 7.05 Å². The van der Waals surface area contributed by atoms with E-state index in [1.807, 2.05) is 0 Å². The lowest BCUT2D eigenvalue weighted by molar-refractivity contribution is 0.0686. The van der Waals surface area contributed by atoms with Gasteiger partial charge in [0.2, 0.25) is 0 Å². The number of hydrogen-bond acceptors (Lipinski definition) is 7. The fourth-order valence-corrected chi connectivity index (χ4v) is 5.04. The van der Waals surface area contributed by atoms with E-state index in [1.54, 1.807) is 0 Å². The summed E-state index contributed by atoms with van der Waals surface area (Å²) in [5.74, 6) is 0.351. The highest BCUT2D eigenvalue weighted by atomic mass is 32.1.